The van der Waals surface area contributed by atoms with E-state index in [-0.39, 0.29) is 0 Å². The number of anilines is 1. The van der Waals surface area contributed by atoms with Crippen LogP contribution in [0.5, 0.6) is 0 Å². The van der Waals surface area contributed by atoms with Crippen molar-refractivity contribution in [2.75, 3.05) is 11.9 Å². The average molecular weight is 263 g/mol. The van der Waals surface area contributed by atoms with Gasteiger partial charge in [0.15, 0.2) is 0 Å². The number of hydrogen-bond donors (Lipinski definition) is 1. The van der Waals surface area contributed by atoms with Crippen molar-refractivity contribution >= 4 is 27.4 Å². The Morgan fingerprint density at radius 2 is 2.11 bits per heavy atom. The van der Waals surface area contributed by atoms with Gasteiger partial charge in [0.1, 0.15) is 16.5 Å². The van der Waals surface area contributed by atoms with Gasteiger partial charge in [0.05, 0.1) is 5.39 Å². The Bertz CT molecular complexity index is 531. The van der Waals surface area contributed by atoms with E-state index in [0.717, 1.165) is 35.9 Å². The summed E-state index contributed by atoms with van der Waals surface area (Å²) < 4.78 is 0. The highest BCUT2D eigenvalue weighted by Crippen LogP contribution is 2.28. The fourth-order valence-corrected chi connectivity index (χ4v) is 2.82. The number of aromatic nitrogens is 2. The first kappa shape index (κ1) is 13.3. The Hall–Kier alpha value is -1.16. The first-order valence-corrected chi connectivity index (χ1v) is 7.42. The van der Waals surface area contributed by atoms with Crippen molar-refractivity contribution in [1.29, 1.82) is 0 Å². The molecular weight excluding hydrogens is 242 g/mol. The molecule has 0 aromatic carbocycles. The van der Waals surface area contributed by atoms with Crippen molar-refractivity contribution in [3.63, 3.8) is 0 Å². The standard InChI is InChI=1S/C14H21N3S/c1-5-6-15-13-11-8-10(4)18-14(11)17-12(16-13)7-9(2)3/h8-9H,5-7H2,1-4H3,(H,15,16,17). The van der Waals surface area contributed by atoms with E-state index in [0.29, 0.717) is 5.92 Å². The van der Waals surface area contributed by atoms with E-state index < -0.39 is 0 Å². The van der Waals surface area contributed by atoms with Crippen molar-refractivity contribution in [2.24, 2.45) is 5.92 Å². The van der Waals surface area contributed by atoms with Gasteiger partial charge in [0.25, 0.3) is 0 Å². The van der Waals surface area contributed by atoms with Gasteiger partial charge in [-0.2, -0.15) is 0 Å². The van der Waals surface area contributed by atoms with Crippen LogP contribution in [0.4, 0.5) is 5.82 Å². The molecule has 0 bridgehead atoms. The zero-order valence-electron chi connectivity index (χ0n) is 11.6. The maximum Gasteiger partial charge on any atom is 0.138 e. The molecule has 0 radical (unpaired) electrons. The van der Waals surface area contributed by atoms with Crippen molar-refractivity contribution in [2.45, 2.75) is 40.5 Å². The molecule has 98 valence electrons. The lowest BCUT2D eigenvalue weighted by molar-refractivity contribution is 0.623. The molecule has 2 aromatic rings. The van der Waals surface area contributed by atoms with Crippen LogP contribution < -0.4 is 5.32 Å². The summed E-state index contributed by atoms with van der Waals surface area (Å²) in [6.07, 6.45) is 2.04. The Balaban J connectivity index is 2.42. The molecule has 0 aliphatic carbocycles. The maximum absolute atomic E-state index is 4.68. The zero-order valence-corrected chi connectivity index (χ0v) is 12.4. The van der Waals surface area contributed by atoms with E-state index >= 15 is 0 Å². The Morgan fingerprint density at radius 1 is 1.33 bits per heavy atom. The zero-order chi connectivity index (χ0) is 13.1. The number of nitrogens with zero attached hydrogens (tertiary/aromatic N) is 2. The molecule has 0 atom stereocenters. The minimum atomic E-state index is 0.586. The summed E-state index contributed by atoms with van der Waals surface area (Å²) in [5.74, 6) is 2.54. The smallest absolute Gasteiger partial charge is 0.138 e. The molecule has 4 heteroatoms. The van der Waals surface area contributed by atoms with E-state index in [1.54, 1.807) is 11.3 Å². The van der Waals surface area contributed by atoms with Gasteiger partial charge in [0, 0.05) is 17.8 Å². The van der Waals surface area contributed by atoms with Crippen molar-refractivity contribution in [3.8, 4) is 0 Å². The van der Waals surface area contributed by atoms with Gasteiger partial charge in [-0.15, -0.1) is 11.3 Å². The minimum Gasteiger partial charge on any atom is -0.369 e. The van der Waals surface area contributed by atoms with Crippen LogP contribution in [0.25, 0.3) is 10.2 Å². The number of nitrogens with one attached hydrogen (secondary N) is 1. The first-order chi connectivity index (χ1) is 8.60. The number of rotatable bonds is 5. The van der Waals surface area contributed by atoms with E-state index in [9.17, 15) is 0 Å². The molecular formula is C14H21N3S. The number of fused-ring (bicyclic) bond motifs is 1. The third-order valence-electron chi connectivity index (χ3n) is 2.70. The van der Waals surface area contributed by atoms with Crippen LogP contribution in [0.1, 0.15) is 37.9 Å². The van der Waals surface area contributed by atoms with E-state index in [1.807, 2.05) is 0 Å². The Kier molecular flexibility index (Phi) is 4.17. The fourth-order valence-electron chi connectivity index (χ4n) is 1.92. The fraction of sp³-hybridized carbons (Fsp3) is 0.571. The molecule has 0 spiro atoms. The Labute approximate surface area is 113 Å². The number of aryl methyl sites for hydroxylation is 1. The lowest BCUT2D eigenvalue weighted by atomic mass is 10.1. The van der Waals surface area contributed by atoms with Crippen molar-refractivity contribution in [1.82, 2.24) is 9.97 Å². The highest BCUT2D eigenvalue weighted by Gasteiger charge is 2.11. The lowest BCUT2D eigenvalue weighted by Crippen LogP contribution is -2.07. The second-order valence-electron chi connectivity index (χ2n) is 5.09. The molecule has 0 saturated heterocycles. The number of hydrogen-bond acceptors (Lipinski definition) is 4. The molecule has 0 unspecified atom stereocenters. The molecule has 2 heterocycles. The molecule has 18 heavy (non-hydrogen) atoms. The predicted octanol–water partition coefficient (Wildman–Crippen LogP) is 4.02. The van der Waals surface area contributed by atoms with Gasteiger partial charge < -0.3 is 5.32 Å². The van der Waals surface area contributed by atoms with Gasteiger partial charge in [-0.3, -0.25) is 0 Å². The third-order valence-corrected chi connectivity index (χ3v) is 3.64. The predicted molar refractivity (Wildman–Crippen MR) is 79.5 cm³/mol. The lowest BCUT2D eigenvalue weighted by Gasteiger charge is -2.09. The highest BCUT2D eigenvalue weighted by molar-refractivity contribution is 7.18. The van der Waals surface area contributed by atoms with Gasteiger partial charge in [-0.1, -0.05) is 20.8 Å². The maximum atomic E-state index is 4.68. The molecule has 0 fully saturated rings. The first-order valence-electron chi connectivity index (χ1n) is 6.61. The second kappa shape index (κ2) is 5.65. The second-order valence-corrected chi connectivity index (χ2v) is 6.32. The normalized spacial score (nSPS) is 11.4. The molecule has 1 N–H and O–H groups in total. The molecule has 0 aliphatic rings. The largest absolute Gasteiger partial charge is 0.369 e. The summed E-state index contributed by atoms with van der Waals surface area (Å²) in [7, 11) is 0. The molecule has 0 amide bonds. The molecule has 2 rings (SSSR count). The van der Waals surface area contributed by atoms with Crippen LogP contribution in [0, 0.1) is 12.8 Å². The Morgan fingerprint density at radius 3 is 2.78 bits per heavy atom. The molecule has 3 nitrogen and oxygen atoms in total. The van der Waals surface area contributed by atoms with E-state index in [1.165, 1.54) is 10.3 Å². The summed E-state index contributed by atoms with van der Waals surface area (Å²) in [5, 5.41) is 4.59. The van der Waals surface area contributed by atoms with Crippen molar-refractivity contribution < 1.29 is 0 Å². The van der Waals surface area contributed by atoms with Gasteiger partial charge in [-0.25, -0.2) is 9.97 Å². The van der Waals surface area contributed by atoms with Gasteiger partial charge in [-0.05, 0) is 25.3 Å². The van der Waals surface area contributed by atoms with Gasteiger partial charge >= 0.3 is 0 Å². The van der Waals surface area contributed by atoms with Crippen LogP contribution in [0.15, 0.2) is 6.07 Å². The van der Waals surface area contributed by atoms with Crippen molar-refractivity contribution in [3.05, 3.63) is 16.8 Å². The summed E-state index contributed by atoms with van der Waals surface area (Å²) in [6.45, 7) is 9.65. The van der Waals surface area contributed by atoms with Crippen LogP contribution in [0.2, 0.25) is 0 Å². The SMILES string of the molecule is CCCNc1nc(CC(C)C)nc2sc(C)cc12. The summed E-state index contributed by atoms with van der Waals surface area (Å²) in [4.78, 5) is 11.7. The molecule has 2 aromatic heterocycles. The van der Waals surface area contributed by atoms with Crippen LogP contribution in [0.3, 0.4) is 0 Å². The summed E-state index contributed by atoms with van der Waals surface area (Å²) in [6, 6.07) is 2.18. The minimum absolute atomic E-state index is 0.586. The monoisotopic (exact) mass is 263 g/mol. The van der Waals surface area contributed by atoms with E-state index in [4.69, 9.17) is 0 Å². The topological polar surface area (TPSA) is 37.8 Å². The van der Waals surface area contributed by atoms with Crippen LogP contribution in [-0.4, -0.2) is 16.5 Å². The third kappa shape index (κ3) is 2.99. The average Bonchev–Trinajstić information content (AvgIpc) is 2.65. The molecule has 0 aliphatic heterocycles. The summed E-state index contributed by atoms with van der Waals surface area (Å²) in [5.41, 5.74) is 0. The number of thiophene rings is 1. The highest BCUT2D eigenvalue weighted by atomic mass is 32.1. The van der Waals surface area contributed by atoms with Crippen LogP contribution in [-0.2, 0) is 6.42 Å². The van der Waals surface area contributed by atoms with E-state index in [2.05, 4.69) is 49.0 Å². The van der Waals surface area contributed by atoms with Gasteiger partial charge in [0.2, 0.25) is 0 Å². The summed E-state index contributed by atoms with van der Waals surface area (Å²) >= 11 is 1.75. The quantitative estimate of drug-likeness (QED) is 0.885. The molecule has 0 saturated carbocycles. The van der Waals surface area contributed by atoms with Crippen LogP contribution >= 0.6 is 11.3 Å².